The van der Waals surface area contributed by atoms with E-state index in [9.17, 15) is 0 Å². The molecule has 0 fully saturated rings. The van der Waals surface area contributed by atoms with Crippen LogP contribution in [0, 0.1) is 0 Å². The average Bonchev–Trinajstić information content (AvgIpc) is 2.07. The van der Waals surface area contributed by atoms with Crippen molar-refractivity contribution in [3.8, 4) is 0 Å². The Hall–Kier alpha value is 0.0500. The number of hydrogen-bond donors (Lipinski definition) is 1. The van der Waals surface area contributed by atoms with Gasteiger partial charge in [-0.2, -0.15) is 0 Å². The molecule has 0 aliphatic heterocycles. The molecule has 0 amide bonds. The molecular weight excluding hydrogens is 228 g/mol. The number of hydrogen-bond acceptors (Lipinski definition) is 1. The van der Waals surface area contributed by atoms with Gasteiger partial charge >= 0.3 is 0 Å². The highest BCUT2D eigenvalue weighted by atomic mass is 35.5. The van der Waals surface area contributed by atoms with Crippen molar-refractivity contribution in [1.82, 2.24) is 5.32 Å². The molecule has 0 saturated carbocycles. The maximum atomic E-state index is 5.84. The molecule has 74 valence electrons. The molecule has 0 spiro atoms. The van der Waals surface area contributed by atoms with Crippen LogP contribution in [0.4, 0.5) is 0 Å². The van der Waals surface area contributed by atoms with Crippen LogP contribution in [0.2, 0.25) is 10.0 Å². The number of halogens is 3. The Bertz CT molecular complexity index is 263. The lowest BCUT2D eigenvalue weighted by Gasteiger charge is -2.01. The van der Waals surface area contributed by atoms with Gasteiger partial charge in [0.15, 0.2) is 0 Å². The second kappa shape index (κ2) is 6.50. The second-order valence-electron chi connectivity index (χ2n) is 2.60. The summed E-state index contributed by atoms with van der Waals surface area (Å²) < 4.78 is 0. The van der Waals surface area contributed by atoms with Crippen molar-refractivity contribution in [2.24, 2.45) is 0 Å². The smallest absolute Gasteiger partial charge is 0.0595 e. The fourth-order valence-corrected chi connectivity index (χ4v) is 1.29. The first-order valence-corrected chi connectivity index (χ1v) is 4.58. The molecule has 0 atom stereocenters. The van der Waals surface area contributed by atoms with E-state index in [4.69, 9.17) is 23.2 Å². The van der Waals surface area contributed by atoms with Crippen LogP contribution in [0.15, 0.2) is 18.2 Å². The maximum absolute atomic E-state index is 5.84. The van der Waals surface area contributed by atoms with Crippen LogP contribution in [0.5, 0.6) is 0 Å². The molecular formula is C9H12Cl3N. The van der Waals surface area contributed by atoms with Crippen molar-refractivity contribution in [3.63, 3.8) is 0 Å². The van der Waals surface area contributed by atoms with Gasteiger partial charge in [-0.05, 0) is 37.7 Å². The highest BCUT2D eigenvalue weighted by Gasteiger charge is 1.98. The van der Waals surface area contributed by atoms with Crippen LogP contribution in [-0.4, -0.2) is 13.6 Å². The van der Waals surface area contributed by atoms with E-state index in [0.29, 0.717) is 10.0 Å². The van der Waals surface area contributed by atoms with Gasteiger partial charge in [-0.25, -0.2) is 0 Å². The summed E-state index contributed by atoms with van der Waals surface area (Å²) in [6, 6.07) is 5.72. The lowest BCUT2D eigenvalue weighted by atomic mass is 10.1. The van der Waals surface area contributed by atoms with E-state index >= 15 is 0 Å². The Morgan fingerprint density at radius 3 is 2.46 bits per heavy atom. The highest BCUT2D eigenvalue weighted by molar-refractivity contribution is 6.42. The molecule has 1 aromatic rings. The first kappa shape index (κ1) is 13.1. The molecule has 0 radical (unpaired) electrons. The minimum Gasteiger partial charge on any atom is -0.319 e. The Morgan fingerprint density at radius 1 is 1.23 bits per heavy atom. The summed E-state index contributed by atoms with van der Waals surface area (Å²) in [7, 11) is 1.93. The van der Waals surface area contributed by atoms with Gasteiger partial charge in [-0.3, -0.25) is 0 Å². The van der Waals surface area contributed by atoms with Gasteiger partial charge in [0.25, 0.3) is 0 Å². The van der Waals surface area contributed by atoms with Crippen LogP contribution in [0.25, 0.3) is 0 Å². The lowest BCUT2D eigenvalue weighted by molar-refractivity contribution is 0.792. The van der Waals surface area contributed by atoms with Crippen molar-refractivity contribution in [2.75, 3.05) is 13.6 Å². The molecule has 0 aromatic heterocycles. The molecule has 13 heavy (non-hydrogen) atoms. The van der Waals surface area contributed by atoms with Crippen molar-refractivity contribution >= 4 is 35.6 Å². The Kier molecular flexibility index (Phi) is 6.52. The normalized spacial score (nSPS) is 9.46. The number of likely N-dealkylation sites (N-methyl/N-ethyl adjacent to an activating group) is 1. The number of rotatable bonds is 3. The molecule has 0 saturated heterocycles. The summed E-state index contributed by atoms with van der Waals surface area (Å²) in [5.41, 5.74) is 1.21. The number of benzene rings is 1. The fourth-order valence-electron chi connectivity index (χ4n) is 0.964. The van der Waals surface area contributed by atoms with Gasteiger partial charge in [0.05, 0.1) is 10.0 Å². The molecule has 0 unspecified atom stereocenters. The van der Waals surface area contributed by atoms with Crippen LogP contribution in [0.1, 0.15) is 5.56 Å². The zero-order valence-electron chi connectivity index (χ0n) is 7.31. The lowest BCUT2D eigenvalue weighted by Crippen LogP contribution is -2.10. The summed E-state index contributed by atoms with van der Waals surface area (Å²) in [6.45, 7) is 0.956. The van der Waals surface area contributed by atoms with Crippen LogP contribution >= 0.6 is 35.6 Å². The molecule has 1 rings (SSSR count). The van der Waals surface area contributed by atoms with Crippen molar-refractivity contribution in [2.45, 2.75) is 6.42 Å². The van der Waals surface area contributed by atoms with Gasteiger partial charge in [0.2, 0.25) is 0 Å². The quantitative estimate of drug-likeness (QED) is 0.856. The SMILES string of the molecule is CNCCc1ccc(Cl)c(Cl)c1.Cl. The molecule has 4 heteroatoms. The van der Waals surface area contributed by atoms with Crippen molar-refractivity contribution < 1.29 is 0 Å². The second-order valence-corrected chi connectivity index (χ2v) is 3.42. The summed E-state index contributed by atoms with van der Waals surface area (Å²) in [4.78, 5) is 0. The number of nitrogens with one attached hydrogen (secondary N) is 1. The van der Waals surface area contributed by atoms with Crippen LogP contribution < -0.4 is 5.32 Å². The Labute approximate surface area is 94.8 Å². The van der Waals surface area contributed by atoms with E-state index in [-0.39, 0.29) is 12.4 Å². The van der Waals surface area contributed by atoms with E-state index in [0.717, 1.165) is 13.0 Å². The van der Waals surface area contributed by atoms with Gasteiger partial charge in [-0.1, -0.05) is 29.3 Å². The van der Waals surface area contributed by atoms with Gasteiger partial charge in [0, 0.05) is 0 Å². The van der Waals surface area contributed by atoms with E-state index < -0.39 is 0 Å². The molecule has 0 aliphatic carbocycles. The first-order chi connectivity index (χ1) is 5.74. The molecule has 1 aromatic carbocycles. The minimum absolute atomic E-state index is 0. The zero-order valence-corrected chi connectivity index (χ0v) is 9.64. The van der Waals surface area contributed by atoms with E-state index in [2.05, 4.69) is 5.32 Å². The van der Waals surface area contributed by atoms with E-state index in [1.54, 1.807) is 0 Å². The monoisotopic (exact) mass is 239 g/mol. The van der Waals surface area contributed by atoms with E-state index in [1.165, 1.54) is 5.56 Å². The van der Waals surface area contributed by atoms with Gasteiger partial charge in [-0.15, -0.1) is 12.4 Å². The largest absolute Gasteiger partial charge is 0.319 e. The minimum atomic E-state index is 0. The third-order valence-electron chi connectivity index (χ3n) is 1.65. The molecule has 1 N–H and O–H groups in total. The Balaban J connectivity index is 0.00000144. The zero-order chi connectivity index (χ0) is 8.97. The Morgan fingerprint density at radius 2 is 1.92 bits per heavy atom. The summed E-state index contributed by atoms with van der Waals surface area (Å²) in [5, 5.41) is 4.32. The molecule has 0 heterocycles. The average molecular weight is 241 g/mol. The third-order valence-corrected chi connectivity index (χ3v) is 2.39. The molecule has 0 aliphatic rings. The summed E-state index contributed by atoms with van der Waals surface area (Å²) in [6.07, 6.45) is 0.980. The highest BCUT2D eigenvalue weighted by Crippen LogP contribution is 2.22. The van der Waals surface area contributed by atoms with Gasteiger partial charge in [0.1, 0.15) is 0 Å². The first-order valence-electron chi connectivity index (χ1n) is 3.82. The van der Waals surface area contributed by atoms with E-state index in [1.807, 2.05) is 25.2 Å². The molecule has 1 nitrogen and oxygen atoms in total. The third kappa shape index (κ3) is 4.19. The predicted octanol–water partition coefficient (Wildman–Crippen LogP) is 3.18. The van der Waals surface area contributed by atoms with Crippen LogP contribution in [0.3, 0.4) is 0 Å². The standard InChI is InChI=1S/C9H11Cl2N.ClH/c1-12-5-4-7-2-3-8(10)9(11)6-7;/h2-3,6,12H,4-5H2,1H3;1H. The predicted molar refractivity (Wildman–Crippen MR) is 61.3 cm³/mol. The summed E-state index contributed by atoms with van der Waals surface area (Å²) in [5.74, 6) is 0. The maximum Gasteiger partial charge on any atom is 0.0595 e. The molecule has 0 bridgehead atoms. The fraction of sp³-hybridized carbons (Fsp3) is 0.333. The topological polar surface area (TPSA) is 12.0 Å². The summed E-state index contributed by atoms with van der Waals surface area (Å²) >= 11 is 11.6. The van der Waals surface area contributed by atoms with Crippen molar-refractivity contribution in [3.05, 3.63) is 33.8 Å². The van der Waals surface area contributed by atoms with Crippen LogP contribution in [-0.2, 0) is 6.42 Å². The van der Waals surface area contributed by atoms with Gasteiger partial charge < -0.3 is 5.32 Å². The van der Waals surface area contributed by atoms with Crippen molar-refractivity contribution in [1.29, 1.82) is 0 Å².